The summed E-state index contributed by atoms with van der Waals surface area (Å²) >= 11 is 3.42. The largest absolute Gasteiger partial charge is 0.385 e. The van der Waals surface area contributed by atoms with Gasteiger partial charge in [-0.05, 0) is 18.9 Å². The first-order valence-corrected chi connectivity index (χ1v) is 7.72. The Balaban J connectivity index is 2.21. The van der Waals surface area contributed by atoms with Crippen LogP contribution in [0.5, 0.6) is 0 Å². The highest BCUT2D eigenvalue weighted by Gasteiger charge is 2.10. The molecule has 0 aliphatic carbocycles. The molecule has 0 atom stereocenters. The van der Waals surface area contributed by atoms with Gasteiger partial charge in [0.1, 0.15) is 9.86 Å². The van der Waals surface area contributed by atoms with Crippen LogP contribution in [0.2, 0.25) is 0 Å². The van der Waals surface area contributed by atoms with Crippen LogP contribution in [0.4, 0.5) is 5.95 Å². The van der Waals surface area contributed by atoms with E-state index >= 15 is 0 Å². The third-order valence-electron chi connectivity index (χ3n) is 2.51. The van der Waals surface area contributed by atoms with Gasteiger partial charge in [-0.25, -0.2) is 9.97 Å². The van der Waals surface area contributed by atoms with E-state index in [1.54, 1.807) is 30.2 Å². The minimum Gasteiger partial charge on any atom is -0.385 e. The molecule has 0 aliphatic rings. The van der Waals surface area contributed by atoms with Crippen molar-refractivity contribution in [3.8, 4) is 0 Å². The van der Waals surface area contributed by atoms with E-state index in [9.17, 15) is 0 Å². The van der Waals surface area contributed by atoms with Crippen LogP contribution in [-0.4, -0.2) is 29.4 Å². The van der Waals surface area contributed by atoms with Gasteiger partial charge in [0.25, 0.3) is 0 Å². The minimum absolute atomic E-state index is 0.362. The molecule has 0 bridgehead atoms. The Labute approximate surface area is 115 Å². The van der Waals surface area contributed by atoms with Crippen LogP contribution in [-0.2, 0) is 11.2 Å². The van der Waals surface area contributed by atoms with Gasteiger partial charge in [0.05, 0.1) is 0 Å². The number of methoxy groups -OCH3 is 1. The summed E-state index contributed by atoms with van der Waals surface area (Å²) in [4.78, 5) is 11.0. The van der Waals surface area contributed by atoms with Crippen molar-refractivity contribution >= 4 is 39.3 Å². The predicted octanol–water partition coefficient (Wildman–Crippen LogP) is 2.96. The summed E-state index contributed by atoms with van der Waals surface area (Å²) in [6.45, 7) is 2.92. The number of ether oxygens (including phenoxy) is 1. The first kappa shape index (κ1) is 13.6. The van der Waals surface area contributed by atoms with Crippen molar-refractivity contribution in [3.63, 3.8) is 0 Å². The van der Waals surface area contributed by atoms with E-state index in [1.165, 1.54) is 4.88 Å². The Morgan fingerprint density at radius 1 is 1.44 bits per heavy atom. The topological polar surface area (TPSA) is 61.0 Å². The van der Waals surface area contributed by atoms with Gasteiger partial charge in [-0.2, -0.15) is 0 Å². The predicted molar refractivity (Wildman–Crippen MR) is 78.4 cm³/mol. The second-order valence-corrected chi connectivity index (χ2v) is 6.07. The third kappa shape index (κ3) is 3.13. The molecule has 98 valence electrons. The highest BCUT2D eigenvalue weighted by molar-refractivity contribution is 7.99. The van der Waals surface area contributed by atoms with Crippen molar-refractivity contribution in [2.24, 2.45) is 0 Å². The monoisotopic (exact) mass is 283 g/mol. The maximum Gasteiger partial charge on any atom is 0.222 e. The molecule has 6 heteroatoms. The van der Waals surface area contributed by atoms with Crippen molar-refractivity contribution in [1.82, 2.24) is 9.97 Å². The summed E-state index contributed by atoms with van der Waals surface area (Å²) in [7, 11) is 1.72. The number of fused-ring (bicyclic) bond motifs is 1. The van der Waals surface area contributed by atoms with Crippen molar-refractivity contribution in [1.29, 1.82) is 0 Å². The molecule has 2 rings (SSSR count). The number of hydrogen-bond donors (Lipinski definition) is 1. The van der Waals surface area contributed by atoms with Crippen molar-refractivity contribution in [2.45, 2.75) is 24.8 Å². The maximum absolute atomic E-state index is 5.75. The maximum atomic E-state index is 5.75. The fourth-order valence-corrected chi connectivity index (χ4v) is 3.58. The number of aromatic nitrogens is 2. The number of nitrogens with two attached hydrogens (primary N) is 1. The number of nitrogen functional groups attached to an aromatic ring is 1. The Hall–Kier alpha value is -0.850. The molecule has 0 aliphatic heterocycles. The van der Waals surface area contributed by atoms with Crippen LogP contribution in [0.25, 0.3) is 10.2 Å². The lowest BCUT2D eigenvalue weighted by Crippen LogP contribution is -1.97. The molecule has 4 nitrogen and oxygen atoms in total. The lowest BCUT2D eigenvalue weighted by atomic mass is 10.3. The second kappa shape index (κ2) is 6.36. The van der Waals surface area contributed by atoms with Gasteiger partial charge in [0.15, 0.2) is 0 Å². The van der Waals surface area contributed by atoms with Crippen molar-refractivity contribution in [3.05, 3.63) is 10.9 Å². The molecule has 0 radical (unpaired) electrons. The van der Waals surface area contributed by atoms with E-state index < -0.39 is 0 Å². The molecule has 18 heavy (non-hydrogen) atoms. The third-order valence-corrected chi connectivity index (χ3v) is 4.76. The average Bonchev–Trinajstić information content (AvgIpc) is 2.77. The minimum atomic E-state index is 0.362. The standard InChI is InChI=1S/C12H17N3OS2/c1-3-8-7-9-10(17-6-4-5-16-2)14-12(13)15-11(9)18-8/h7H,3-6H2,1-2H3,(H2,13,14,15). The zero-order valence-electron chi connectivity index (χ0n) is 10.6. The number of anilines is 1. The molecular weight excluding hydrogens is 266 g/mol. The van der Waals surface area contributed by atoms with Gasteiger partial charge in [-0.1, -0.05) is 6.92 Å². The average molecular weight is 283 g/mol. The molecule has 2 N–H and O–H groups in total. The highest BCUT2D eigenvalue weighted by Crippen LogP contribution is 2.32. The summed E-state index contributed by atoms with van der Waals surface area (Å²) in [5, 5.41) is 2.12. The van der Waals surface area contributed by atoms with E-state index in [0.717, 1.165) is 40.4 Å². The van der Waals surface area contributed by atoms with Gasteiger partial charge in [0, 0.05) is 29.7 Å². The van der Waals surface area contributed by atoms with Crippen molar-refractivity contribution < 1.29 is 4.74 Å². The molecule has 0 fully saturated rings. The van der Waals surface area contributed by atoms with Crippen molar-refractivity contribution in [2.75, 3.05) is 25.2 Å². The molecule has 0 saturated carbocycles. The van der Waals surface area contributed by atoms with Crippen LogP contribution in [0.15, 0.2) is 11.1 Å². The van der Waals surface area contributed by atoms with Gasteiger partial charge in [0.2, 0.25) is 5.95 Å². The molecule has 0 unspecified atom stereocenters. The van der Waals surface area contributed by atoms with E-state index in [-0.39, 0.29) is 0 Å². The summed E-state index contributed by atoms with van der Waals surface area (Å²) in [6.07, 6.45) is 2.03. The van der Waals surface area contributed by atoms with Gasteiger partial charge < -0.3 is 10.5 Å². The Bertz CT molecular complexity index is 527. The summed E-state index contributed by atoms with van der Waals surface area (Å²) in [5.74, 6) is 1.35. The van der Waals surface area contributed by atoms with Gasteiger partial charge in [-0.3, -0.25) is 0 Å². The summed E-state index contributed by atoms with van der Waals surface area (Å²) in [5.41, 5.74) is 5.75. The molecule has 0 saturated heterocycles. The van der Waals surface area contributed by atoms with Gasteiger partial charge in [-0.15, -0.1) is 23.1 Å². The Kier molecular flexibility index (Phi) is 4.79. The fraction of sp³-hybridized carbons (Fsp3) is 0.500. The van der Waals surface area contributed by atoms with Crippen LogP contribution in [0, 0.1) is 0 Å². The zero-order valence-corrected chi connectivity index (χ0v) is 12.2. The number of nitrogens with zero attached hydrogens (tertiary/aromatic N) is 2. The summed E-state index contributed by atoms with van der Waals surface area (Å²) in [6, 6.07) is 2.18. The van der Waals surface area contributed by atoms with Crippen LogP contribution >= 0.6 is 23.1 Å². The quantitative estimate of drug-likeness (QED) is 0.502. The van der Waals surface area contributed by atoms with E-state index in [1.807, 2.05) is 0 Å². The molecule has 0 spiro atoms. The number of thioether (sulfide) groups is 1. The highest BCUT2D eigenvalue weighted by atomic mass is 32.2. The normalized spacial score (nSPS) is 11.2. The summed E-state index contributed by atoms with van der Waals surface area (Å²) < 4.78 is 5.04. The second-order valence-electron chi connectivity index (χ2n) is 3.87. The van der Waals surface area contributed by atoms with Crippen LogP contribution in [0.3, 0.4) is 0 Å². The van der Waals surface area contributed by atoms with Crippen LogP contribution < -0.4 is 5.73 Å². The van der Waals surface area contributed by atoms with E-state index in [4.69, 9.17) is 10.5 Å². The fourth-order valence-electron chi connectivity index (χ4n) is 1.62. The SMILES string of the molecule is CCc1cc2c(SCCCOC)nc(N)nc2s1. The molecule has 2 heterocycles. The van der Waals surface area contributed by atoms with E-state index in [0.29, 0.717) is 5.95 Å². The van der Waals surface area contributed by atoms with E-state index in [2.05, 4.69) is 23.0 Å². The number of aryl methyl sites for hydroxylation is 1. The molecule has 0 aromatic carbocycles. The Morgan fingerprint density at radius 3 is 3.00 bits per heavy atom. The zero-order chi connectivity index (χ0) is 13.0. The lowest BCUT2D eigenvalue weighted by Gasteiger charge is -2.03. The molecule has 2 aromatic rings. The lowest BCUT2D eigenvalue weighted by molar-refractivity contribution is 0.200. The van der Waals surface area contributed by atoms with Gasteiger partial charge >= 0.3 is 0 Å². The molecular formula is C12H17N3OS2. The number of thiophene rings is 1. The van der Waals surface area contributed by atoms with Crippen LogP contribution in [0.1, 0.15) is 18.2 Å². The first-order valence-electron chi connectivity index (χ1n) is 5.92. The first-order chi connectivity index (χ1) is 8.74. The molecule has 0 amide bonds. The smallest absolute Gasteiger partial charge is 0.222 e. The number of rotatable bonds is 6. The Morgan fingerprint density at radius 2 is 2.28 bits per heavy atom. The number of hydrogen-bond acceptors (Lipinski definition) is 6. The molecule has 2 aromatic heterocycles.